The maximum atomic E-state index is 13.0. The van der Waals surface area contributed by atoms with Gasteiger partial charge in [-0.1, -0.05) is 36.4 Å². The third-order valence-electron chi connectivity index (χ3n) is 5.69. The summed E-state index contributed by atoms with van der Waals surface area (Å²) < 4.78 is 27.4. The zero-order valence-electron chi connectivity index (χ0n) is 17.7. The summed E-state index contributed by atoms with van der Waals surface area (Å²) >= 11 is 0. The van der Waals surface area contributed by atoms with Gasteiger partial charge in [-0.05, 0) is 59.5 Å². The molecule has 0 bridgehead atoms. The summed E-state index contributed by atoms with van der Waals surface area (Å²) in [5.74, 6) is -0.618. The van der Waals surface area contributed by atoms with E-state index >= 15 is 0 Å². The lowest BCUT2D eigenvalue weighted by Gasteiger charge is -2.27. The average molecular weight is 459 g/mol. The van der Waals surface area contributed by atoms with Crippen molar-refractivity contribution in [2.75, 3.05) is 18.8 Å². The maximum absolute atomic E-state index is 13.0. The molecule has 0 unspecified atom stereocenters. The number of nitrogen functional groups attached to an aromatic ring is 1. The van der Waals surface area contributed by atoms with Crippen LogP contribution in [0.3, 0.4) is 0 Å². The molecule has 1 amide bonds. The highest BCUT2D eigenvalue weighted by Crippen LogP contribution is 2.35. The van der Waals surface area contributed by atoms with Gasteiger partial charge in [-0.25, -0.2) is 8.42 Å². The number of carbonyl (C=O) groups excluding carboxylic acids is 1. The Bertz CT molecular complexity index is 1390. The van der Waals surface area contributed by atoms with Crippen LogP contribution in [0, 0.1) is 11.3 Å². The Labute approximate surface area is 192 Å². The normalized spacial score (nSPS) is 14.3. The molecule has 166 valence electrons. The van der Waals surface area contributed by atoms with Gasteiger partial charge in [0.1, 0.15) is 0 Å². The number of amides is 1. The van der Waals surface area contributed by atoms with Crippen LogP contribution >= 0.6 is 0 Å². The van der Waals surface area contributed by atoms with Crippen molar-refractivity contribution in [1.29, 1.82) is 5.26 Å². The minimum atomic E-state index is -3.70. The number of rotatable bonds is 5. The number of anilines is 1. The van der Waals surface area contributed by atoms with Gasteiger partial charge in [0.25, 0.3) is 5.91 Å². The number of nitriles is 1. The van der Waals surface area contributed by atoms with Crippen LogP contribution in [0.2, 0.25) is 0 Å². The van der Waals surface area contributed by atoms with E-state index in [-0.39, 0.29) is 29.2 Å². The molecular weight excluding hydrogens is 436 g/mol. The van der Waals surface area contributed by atoms with E-state index in [2.05, 4.69) is 0 Å². The van der Waals surface area contributed by atoms with E-state index in [1.54, 1.807) is 6.07 Å². The van der Waals surface area contributed by atoms with Crippen molar-refractivity contribution in [1.82, 2.24) is 4.31 Å². The fourth-order valence-corrected chi connectivity index (χ4v) is 5.26. The Morgan fingerprint density at radius 2 is 1.70 bits per heavy atom. The molecule has 0 aromatic heterocycles. The molecule has 0 aliphatic carbocycles. The molecule has 1 aliphatic rings. The number of benzene rings is 3. The van der Waals surface area contributed by atoms with Crippen molar-refractivity contribution >= 4 is 27.2 Å². The van der Waals surface area contributed by atoms with E-state index < -0.39 is 15.9 Å². The van der Waals surface area contributed by atoms with Gasteiger partial charge in [0, 0.05) is 18.7 Å². The first-order chi connectivity index (χ1) is 15.8. The average Bonchev–Trinajstić information content (AvgIpc) is 2.84. The summed E-state index contributed by atoms with van der Waals surface area (Å²) in [5.41, 5.74) is 16.1. The Hall–Kier alpha value is -3.93. The molecule has 0 radical (unpaired) electrons. The molecule has 3 aromatic rings. The van der Waals surface area contributed by atoms with Gasteiger partial charge < -0.3 is 11.5 Å². The second-order valence-electron chi connectivity index (χ2n) is 7.69. The van der Waals surface area contributed by atoms with Crippen LogP contribution in [0.25, 0.3) is 16.7 Å². The first-order valence-electron chi connectivity index (χ1n) is 10.3. The molecule has 0 spiro atoms. The van der Waals surface area contributed by atoms with Gasteiger partial charge in [0.15, 0.2) is 0 Å². The smallest absolute Gasteiger partial charge is 0.250 e. The van der Waals surface area contributed by atoms with Crippen molar-refractivity contribution in [3.8, 4) is 17.2 Å². The van der Waals surface area contributed by atoms with E-state index in [1.165, 1.54) is 28.6 Å². The molecule has 1 heterocycles. The summed E-state index contributed by atoms with van der Waals surface area (Å²) in [7, 11) is -3.70. The van der Waals surface area contributed by atoms with Gasteiger partial charge in [-0.15, -0.1) is 0 Å². The molecule has 0 atom stereocenters. The number of primary amides is 1. The Kier molecular flexibility index (Phi) is 6.01. The molecule has 33 heavy (non-hydrogen) atoms. The topological polar surface area (TPSA) is 130 Å². The summed E-state index contributed by atoms with van der Waals surface area (Å²) in [6.07, 6.45) is 2.24. The molecule has 0 saturated heterocycles. The lowest BCUT2D eigenvalue weighted by atomic mass is 9.91. The van der Waals surface area contributed by atoms with E-state index in [4.69, 9.17) is 16.7 Å². The second-order valence-corrected chi connectivity index (χ2v) is 9.63. The van der Waals surface area contributed by atoms with Crippen LogP contribution < -0.4 is 11.5 Å². The number of carbonyl (C=O) groups is 1. The zero-order chi connectivity index (χ0) is 23.6. The minimum absolute atomic E-state index is 0.139. The molecule has 8 heteroatoms. The van der Waals surface area contributed by atoms with Crippen molar-refractivity contribution in [3.05, 3.63) is 89.5 Å². The first-order valence-corrected chi connectivity index (χ1v) is 11.7. The number of hydrogen-bond donors (Lipinski definition) is 2. The molecule has 0 fully saturated rings. The van der Waals surface area contributed by atoms with Crippen LogP contribution in [0.1, 0.15) is 27.9 Å². The summed E-state index contributed by atoms with van der Waals surface area (Å²) in [6.45, 7) is 0.424. The molecule has 7 nitrogen and oxygen atoms in total. The highest BCUT2D eigenvalue weighted by atomic mass is 32.2. The fraction of sp³-hybridized carbons (Fsp3) is 0.120. The van der Waals surface area contributed by atoms with Crippen molar-refractivity contribution < 1.29 is 13.2 Å². The Morgan fingerprint density at radius 3 is 2.27 bits per heavy atom. The summed E-state index contributed by atoms with van der Waals surface area (Å²) in [6, 6.07) is 21.0. The highest BCUT2D eigenvalue weighted by Gasteiger charge is 2.27. The van der Waals surface area contributed by atoms with Gasteiger partial charge in [-0.3, -0.25) is 4.79 Å². The van der Waals surface area contributed by atoms with Gasteiger partial charge in [0.2, 0.25) is 10.0 Å². The fourth-order valence-electron chi connectivity index (χ4n) is 3.88. The second kappa shape index (κ2) is 8.90. The maximum Gasteiger partial charge on any atom is 0.250 e. The van der Waals surface area contributed by atoms with Crippen LogP contribution in [-0.2, 0) is 10.0 Å². The van der Waals surface area contributed by atoms with E-state index in [9.17, 15) is 13.2 Å². The van der Waals surface area contributed by atoms with Crippen molar-refractivity contribution in [3.63, 3.8) is 0 Å². The number of nitrogens with zero attached hydrogens (tertiary/aromatic N) is 2. The third kappa shape index (κ3) is 4.37. The quantitative estimate of drug-likeness (QED) is 0.566. The summed E-state index contributed by atoms with van der Waals surface area (Å²) in [5, 5.41) is 8.93. The molecule has 3 aromatic carbocycles. The van der Waals surface area contributed by atoms with Gasteiger partial charge >= 0.3 is 0 Å². The molecular formula is C25H22N4O3S. The third-order valence-corrected chi connectivity index (χ3v) is 7.57. The minimum Gasteiger partial charge on any atom is -0.398 e. The van der Waals surface area contributed by atoms with Crippen LogP contribution in [0.15, 0.2) is 77.7 Å². The highest BCUT2D eigenvalue weighted by molar-refractivity contribution is 7.89. The standard InChI is InChI=1S/C25H22N4O3S/c26-16-17-6-8-21(9-7-17)33(31,32)29-12-10-19(11-13-29)22-14-20(18-4-2-1-3-5-18)15-23(24(22)27)25(28)30/h1-10,14-15H,11-13,27H2,(H2,28,30). The lowest BCUT2D eigenvalue weighted by molar-refractivity contribution is 0.100. The number of sulfonamides is 1. The number of hydrogen-bond acceptors (Lipinski definition) is 5. The van der Waals surface area contributed by atoms with Crippen molar-refractivity contribution in [2.45, 2.75) is 11.3 Å². The summed E-state index contributed by atoms with van der Waals surface area (Å²) in [4.78, 5) is 12.2. The van der Waals surface area contributed by atoms with E-state index in [0.29, 0.717) is 17.5 Å². The predicted molar refractivity (Wildman–Crippen MR) is 127 cm³/mol. The van der Waals surface area contributed by atoms with Gasteiger partial charge in [0.05, 0.1) is 27.8 Å². The first kappa shape index (κ1) is 22.3. The monoisotopic (exact) mass is 458 g/mol. The Balaban J connectivity index is 1.67. The molecule has 0 saturated carbocycles. The van der Waals surface area contributed by atoms with Crippen LogP contribution in [0.5, 0.6) is 0 Å². The zero-order valence-corrected chi connectivity index (χ0v) is 18.5. The Morgan fingerprint density at radius 1 is 1.00 bits per heavy atom. The van der Waals surface area contributed by atoms with E-state index in [0.717, 1.165) is 16.7 Å². The SMILES string of the molecule is N#Cc1ccc(S(=O)(=O)N2CC=C(c3cc(-c4ccccc4)cc(C(N)=O)c3N)CC2)cc1. The van der Waals surface area contributed by atoms with Crippen LogP contribution in [0.4, 0.5) is 5.69 Å². The number of nitrogens with two attached hydrogens (primary N) is 2. The molecule has 4 N–H and O–H groups in total. The van der Waals surface area contributed by atoms with E-state index in [1.807, 2.05) is 48.5 Å². The predicted octanol–water partition coefficient (Wildman–Crippen LogP) is 3.38. The molecule has 4 rings (SSSR count). The van der Waals surface area contributed by atoms with Gasteiger partial charge in [-0.2, -0.15) is 9.57 Å². The van der Waals surface area contributed by atoms with Crippen LogP contribution in [-0.4, -0.2) is 31.7 Å². The largest absolute Gasteiger partial charge is 0.398 e. The lowest BCUT2D eigenvalue weighted by Crippen LogP contribution is -2.34. The van der Waals surface area contributed by atoms with Crippen molar-refractivity contribution in [2.24, 2.45) is 5.73 Å². The molecule has 1 aliphatic heterocycles.